The molecule has 6 rings (SSSR count). The van der Waals surface area contributed by atoms with Crippen LogP contribution in [0.2, 0.25) is 0 Å². The number of hydrogen-bond donors (Lipinski definition) is 3. The Labute approximate surface area is 235 Å². The molecule has 1 aromatic rings. The number of benzene rings is 1. The van der Waals surface area contributed by atoms with Crippen molar-refractivity contribution in [3.8, 4) is 0 Å². The highest BCUT2D eigenvalue weighted by atomic mass is 19.1. The van der Waals surface area contributed by atoms with E-state index >= 15 is 4.39 Å². The Morgan fingerprint density at radius 1 is 1.18 bits per heavy atom. The number of esters is 1. The van der Waals surface area contributed by atoms with Gasteiger partial charge in [-0.1, -0.05) is 56.7 Å². The summed E-state index contributed by atoms with van der Waals surface area (Å²) in [5.41, 5.74) is -2.11. The molecule has 4 fully saturated rings. The maximum absolute atomic E-state index is 15.6. The Morgan fingerprint density at radius 3 is 2.20 bits per heavy atom. The Kier molecular flexibility index (Phi) is 9.04. The van der Waals surface area contributed by atoms with E-state index in [2.05, 4.69) is 19.1 Å². The first-order valence-corrected chi connectivity index (χ1v) is 13.9. The highest BCUT2D eigenvalue weighted by Gasteiger charge is 2.89. The fourth-order valence-electron chi connectivity index (χ4n) is 8.33. The van der Waals surface area contributed by atoms with E-state index in [1.54, 1.807) is 13.8 Å². The van der Waals surface area contributed by atoms with E-state index in [0.29, 0.717) is 17.8 Å². The van der Waals surface area contributed by atoms with Gasteiger partial charge < -0.3 is 24.8 Å². The van der Waals surface area contributed by atoms with Crippen molar-refractivity contribution in [1.29, 1.82) is 0 Å². The third-order valence-electron chi connectivity index (χ3n) is 10.2. The van der Waals surface area contributed by atoms with E-state index in [1.807, 2.05) is 39.0 Å². The van der Waals surface area contributed by atoms with Gasteiger partial charge in [0.25, 0.3) is 6.47 Å². The number of carboxylic acid groups (broad SMARTS) is 1. The van der Waals surface area contributed by atoms with Crippen molar-refractivity contribution in [2.24, 2.45) is 22.2 Å². The highest BCUT2D eigenvalue weighted by Crippen LogP contribution is 2.84. The third-order valence-corrected chi connectivity index (χ3v) is 10.2. The zero-order chi connectivity index (χ0) is 30.3. The number of carbonyl (C=O) groups is 3. The topological polar surface area (TPSA) is 130 Å². The lowest BCUT2D eigenvalue weighted by molar-refractivity contribution is -0.383. The monoisotopic (exact) mass is 562 g/mol. The van der Waals surface area contributed by atoms with Crippen LogP contribution in [0.15, 0.2) is 41.5 Å². The molecule has 1 saturated heterocycles. The second kappa shape index (κ2) is 11.3. The van der Waals surface area contributed by atoms with Gasteiger partial charge in [0.15, 0.2) is 11.9 Å². The Morgan fingerprint density at radius 2 is 1.75 bits per heavy atom. The zero-order valence-electron chi connectivity index (χ0n) is 24.4. The molecule has 4 aliphatic carbocycles. The van der Waals surface area contributed by atoms with Crippen molar-refractivity contribution >= 4 is 18.2 Å². The minimum atomic E-state index is -1.45. The lowest BCUT2D eigenvalue weighted by atomic mass is 9.22. The van der Waals surface area contributed by atoms with Gasteiger partial charge >= 0.3 is 5.97 Å². The average Bonchev–Trinajstić information content (AvgIpc) is 2.89. The molecule has 222 valence electrons. The smallest absolute Gasteiger partial charge is 0.303 e. The Bertz CT molecular complexity index is 1150. The highest BCUT2D eigenvalue weighted by molar-refractivity contribution is 5.97. The lowest BCUT2D eigenvalue weighted by Crippen LogP contribution is -2.88. The summed E-state index contributed by atoms with van der Waals surface area (Å²) in [5.74, 6) is -1.14. The van der Waals surface area contributed by atoms with Crippen LogP contribution >= 0.6 is 0 Å². The van der Waals surface area contributed by atoms with Crippen LogP contribution in [0.25, 0.3) is 0 Å². The van der Waals surface area contributed by atoms with Crippen molar-refractivity contribution in [2.75, 3.05) is 6.61 Å². The molecular weight excluding hydrogens is 519 g/mol. The number of halogens is 1. The molecule has 0 amide bonds. The minimum Gasteiger partial charge on any atom is -0.483 e. The Balaban J connectivity index is 0.000000311. The van der Waals surface area contributed by atoms with Gasteiger partial charge in [0, 0.05) is 36.5 Å². The zero-order valence-corrected chi connectivity index (χ0v) is 24.4. The predicted octanol–water partition coefficient (Wildman–Crippen LogP) is 4.19. The number of carbonyl (C=O) groups excluding carboxylic acids is 2. The Hall–Kier alpha value is -2.62. The summed E-state index contributed by atoms with van der Waals surface area (Å²) in [5, 5.41) is 29.1. The molecule has 1 spiro atoms. The molecule has 40 heavy (non-hydrogen) atoms. The molecule has 1 heterocycles. The van der Waals surface area contributed by atoms with Crippen LogP contribution in [0.5, 0.6) is 0 Å². The number of aliphatic hydroxyl groups excluding tert-OH is 1. The number of ether oxygens (including phenoxy) is 2. The molecule has 3 N–H and O–H groups in total. The molecule has 8 nitrogen and oxygen atoms in total. The van der Waals surface area contributed by atoms with Crippen LogP contribution in [-0.4, -0.2) is 70.2 Å². The number of alkyl halides is 1. The normalized spacial score (nSPS) is 41.6. The predicted molar refractivity (Wildman–Crippen MR) is 146 cm³/mol. The summed E-state index contributed by atoms with van der Waals surface area (Å²) >= 11 is 0. The van der Waals surface area contributed by atoms with Gasteiger partial charge in [-0.3, -0.25) is 14.4 Å². The number of hydrogen-bond acceptors (Lipinski definition) is 7. The number of aryl methyl sites for hydroxylation is 1. The van der Waals surface area contributed by atoms with E-state index in [-0.39, 0.29) is 37.8 Å². The first-order chi connectivity index (χ1) is 18.8. The van der Waals surface area contributed by atoms with E-state index in [4.69, 9.17) is 19.4 Å². The van der Waals surface area contributed by atoms with Gasteiger partial charge in [-0.15, -0.1) is 0 Å². The van der Waals surface area contributed by atoms with Crippen molar-refractivity contribution in [3.63, 3.8) is 0 Å². The van der Waals surface area contributed by atoms with E-state index in [1.165, 1.54) is 12.5 Å². The molecule has 1 aliphatic heterocycles. The first-order valence-electron chi connectivity index (χ1n) is 13.9. The maximum Gasteiger partial charge on any atom is 0.303 e. The molecule has 9 atom stereocenters. The molecule has 0 aromatic heterocycles. The van der Waals surface area contributed by atoms with Crippen molar-refractivity contribution in [2.45, 2.75) is 97.8 Å². The van der Waals surface area contributed by atoms with E-state index in [0.717, 1.165) is 0 Å². The largest absolute Gasteiger partial charge is 0.483 e. The summed E-state index contributed by atoms with van der Waals surface area (Å²) in [7, 11) is 0. The van der Waals surface area contributed by atoms with Crippen LogP contribution in [0, 0.1) is 29.1 Å². The van der Waals surface area contributed by atoms with Crippen molar-refractivity contribution in [1.82, 2.24) is 0 Å². The number of ketones is 1. The molecular formula is C31H43FO8. The minimum absolute atomic E-state index is 0.0463. The van der Waals surface area contributed by atoms with Gasteiger partial charge in [-0.05, 0) is 38.3 Å². The van der Waals surface area contributed by atoms with Gasteiger partial charge in [0.2, 0.25) is 0 Å². The quantitative estimate of drug-likeness (QED) is 0.264. The number of Topliss-reactive ketones (excluding diaryl/α,β-unsaturated/α-hetero) is 1. The summed E-state index contributed by atoms with van der Waals surface area (Å²) in [6.07, 6.45) is -3.42. The second-order valence-corrected chi connectivity index (χ2v) is 11.6. The van der Waals surface area contributed by atoms with Gasteiger partial charge in [-0.25, -0.2) is 4.39 Å². The van der Waals surface area contributed by atoms with Crippen molar-refractivity contribution in [3.05, 3.63) is 47.0 Å². The summed E-state index contributed by atoms with van der Waals surface area (Å²) in [6.45, 7) is 12.7. The average molecular weight is 563 g/mol. The maximum atomic E-state index is 15.6. The van der Waals surface area contributed by atoms with E-state index < -0.39 is 52.0 Å². The molecule has 5 aliphatic rings. The molecule has 0 bridgehead atoms. The van der Waals surface area contributed by atoms with E-state index in [9.17, 15) is 19.8 Å². The fraction of sp³-hybridized carbons (Fsp3) is 0.645. The summed E-state index contributed by atoms with van der Waals surface area (Å²) in [4.78, 5) is 33.9. The van der Waals surface area contributed by atoms with Crippen LogP contribution in [0.4, 0.5) is 4.39 Å². The molecule has 0 radical (unpaired) electrons. The third kappa shape index (κ3) is 4.15. The fourth-order valence-corrected chi connectivity index (χ4v) is 8.33. The van der Waals surface area contributed by atoms with Crippen LogP contribution in [-0.2, 0) is 23.9 Å². The molecule has 9 heteroatoms. The van der Waals surface area contributed by atoms with Crippen LogP contribution in [0.1, 0.15) is 66.4 Å². The van der Waals surface area contributed by atoms with Gasteiger partial charge in [0.05, 0.1) is 29.8 Å². The SMILES string of the molecule is CC.CC(=O)O[C@H]1C(=O)C2(C)C(F)C[C@H]3OC[C@H]3C23C[C@]2(O)C[C@H](O)C(C)=C1[C@]32C.Cc1ccccc1.O=CO. The number of aliphatic hydroxyl groups is 2. The van der Waals surface area contributed by atoms with Crippen LogP contribution < -0.4 is 0 Å². The summed E-state index contributed by atoms with van der Waals surface area (Å²) in [6, 6.07) is 10.3. The molecule has 3 saturated carbocycles. The van der Waals surface area contributed by atoms with Gasteiger partial charge in [-0.2, -0.15) is 0 Å². The lowest BCUT2D eigenvalue weighted by Gasteiger charge is -2.82. The standard InChI is InChI=1S/C21H27FO6.C7H8.C2H6.CH2O2/c1-9-12(24)6-20(26)8-21-11-7-27-13(11)5-14(22)18(21,3)17(25)16(28-10(2)23)15(9)19(20,21)4;1-7-5-3-2-4-6-7;1-2;2-1-3/h11-14,16,24,26H,5-8H2,1-4H3;2-6H,1H3;1-2H3;1H,(H,2,3)/t11-,12+,13-,14?,16-,18?,19+,20-,21?;;;/m1.../s1. The van der Waals surface area contributed by atoms with Gasteiger partial charge in [0.1, 0.15) is 6.17 Å². The second-order valence-electron chi connectivity index (χ2n) is 11.6. The molecule has 3 unspecified atom stereocenters. The number of rotatable bonds is 1. The van der Waals surface area contributed by atoms with Crippen molar-refractivity contribution < 1.29 is 43.6 Å². The first kappa shape index (κ1) is 31.9. The summed E-state index contributed by atoms with van der Waals surface area (Å²) < 4.78 is 26.7. The molecule has 1 aromatic carbocycles. The number of fused-ring (bicyclic) bond motifs is 1. The van der Waals surface area contributed by atoms with Crippen LogP contribution in [0.3, 0.4) is 0 Å².